The van der Waals surface area contributed by atoms with E-state index in [4.69, 9.17) is 9.73 Å². The van der Waals surface area contributed by atoms with Crippen LogP contribution in [0.1, 0.15) is 31.5 Å². The Morgan fingerprint density at radius 2 is 2.38 bits per heavy atom. The summed E-state index contributed by atoms with van der Waals surface area (Å²) >= 11 is 1.70. The molecule has 1 aromatic rings. The molecule has 7 heteroatoms. The smallest absolute Gasteiger partial charge is 0.191 e. The molecule has 0 aliphatic carbocycles. The molecule has 136 valence electrons. The molecule has 2 rings (SSSR count). The van der Waals surface area contributed by atoms with Gasteiger partial charge in [0.2, 0.25) is 0 Å². The third-order valence-electron chi connectivity index (χ3n) is 4.18. The minimum Gasteiger partial charge on any atom is -0.379 e. The second-order valence-electron chi connectivity index (χ2n) is 6.27. The summed E-state index contributed by atoms with van der Waals surface area (Å²) in [6.45, 7) is 13.7. The number of ether oxygens (including phenoxy) is 1. The van der Waals surface area contributed by atoms with Crippen LogP contribution in [-0.4, -0.2) is 67.3 Å². The summed E-state index contributed by atoms with van der Waals surface area (Å²) in [6, 6.07) is 0.882. The van der Waals surface area contributed by atoms with Gasteiger partial charge in [-0.3, -0.25) is 9.89 Å². The molecule has 1 fully saturated rings. The molecular weight excluding hydrogens is 322 g/mol. The zero-order chi connectivity index (χ0) is 17.4. The average molecular weight is 354 g/mol. The van der Waals surface area contributed by atoms with Crippen LogP contribution >= 0.6 is 11.3 Å². The van der Waals surface area contributed by atoms with Crippen LogP contribution in [0.15, 0.2) is 10.4 Å². The van der Waals surface area contributed by atoms with Gasteiger partial charge in [-0.05, 0) is 27.7 Å². The summed E-state index contributed by atoms with van der Waals surface area (Å²) in [7, 11) is 0. The quantitative estimate of drug-likeness (QED) is 0.577. The summed E-state index contributed by atoms with van der Waals surface area (Å²) < 4.78 is 5.52. The number of nitrogens with zero attached hydrogens (tertiary/aromatic N) is 3. The fraction of sp³-hybridized carbons (Fsp3) is 0.765. The van der Waals surface area contributed by atoms with E-state index in [0.29, 0.717) is 12.1 Å². The van der Waals surface area contributed by atoms with Gasteiger partial charge in [-0.2, -0.15) is 0 Å². The minimum absolute atomic E-state index is 0.417. The molecule has 2 unspecified atom stereocenters. The van der Waals surface area contributed by atoms with E-state index in [1.165, 1.54) is 0 Å². The van der Waals surface area contributed by atoms with Crippen molar-refractivity contribution in [2.24, 2.45) is 4.99 Å². The Kier molecular flexibility index (Phi) is 7.94. The monoisotopic (exact) mass is 353 g/mol. The van der Waals surface area contributed by atoms with Crippen molar-refractivity contribution in [2.45, 2.75) is 46.2 Å². The molecule has 1 saturated heterocycles. The number of aliphatic imine (C=N–C) groups is 1. The maximum Gasteiger partial charge on any atom is 0.191 e. The molecule has 6 nitrogen and oxygen atoms in total. The van der Waals surface area contributed by atoms with Gasteiger partial charge in [0.05, 0.1) is 30.5 Å². The van der Waals surface area contributed by atoms with Gasteiger partial charge >= 0.3 is 0 Å². The molecule has 1 aliphatic heterocycles. The first kappa shape index (κ1) is 19.1. The number of hydrogen-bond donors (Lipinski definition) is 2. The molecule has 1 aromatic heterocycles. The Morgan fingerprint density at radius 1 is 1.54 bits per heavy atom. The highest BCUT2D eigenvalue weighted by atomic mass is 32.1. The van der Waals surface area contributed by atoms with Crippen molar-refractivity contribution in [2.75, 3.05) is 39.4 Å². The molecule has 0 aromatic carbocycles. The lowest BCUT2D eigenvalue weighted by molar-refractivity contribution is -0.0165. The van der Waals surface area contributed by atoms with Crippen molar-refractivity contribution in [1.29, 1.82) is 0 Å². The molecule has 24 heavy (non-hydrogen) atoms. The number of aryl methyl sites for hydroxylation is 1. The van der Waals surface area contributed by atoms with Gasteiger partial charge in [-0.15, -0.1) is 11.3 Å². The Bertz CT molecular complexity index is 519. The van der Waals surface area contributed by atoms with Crippen molar-refractivity contribution < 1.29 is 4.74 Å². The lowest BCUT2D eigenvalue weighted by atomic mass is 10.2. The molecule has 0 amide bonds. The summed E-state index contributed by atoms with van der Waals surface area (Å²) in [6.07, 6.45) is 0.921. The van der Waals surface area contributed by atoms with E-state index in [0.717, 1.165) is 62.5 Å². The van der Waals surface area contributed by atoms with E-state index in [2.05, 4.69) is 46.7 Å². The summed E-state index contributed by atoms with van der Waals surface area (Å²) in [5.41, 5.74) is 1.15. The zero-order valence-corrected chi connectivity index (χ0v) is 16.2. The number of morpholine rings is 1. The summed E-state index contributed by atoms with van der Waals surface area (Å²) in [5.74, 6) is 0.886. The normalized spacial score (nSPS) is 20.8. The van der Waals surface area contributed by atoms with Crippen LogP contribution in [0, 0.1) is 6.92 Å². The number of aromatic nitrogens is 1. The van der Waals surface area contributed by atoms with E-state index in [9.17, 15) is 0 Å². The highest BCUT2D eigenvalue weighted by Crippen LogP contribution is 2.11. The first-order chi connectivity index (χ1) is 11.6. The molecule has 0 spiro atoms. The third kappa shape index (κ3) is 6.03. The first-order valence-corrected chi connectivity index (χ1v) is 9.74. The van der Waals surface area contributed by atoms with Gasteiger partial charge in [0.15, 0.2) is 5.96 Å². The van der Waals surface area contributed by atoms with Crippen LogP contribution in [0.5, 0.6) is 0 Å². The van der Waals surface area contributed by atoms with Gasteiger partial charge < -0.3 is 15.4 Å². The number of nitrogens with one attached hydrogen (secondary N) is 2. The second kappa shape index (κ2) is 9.96. The van der Waals surface area contributed by atoms with Gasteiger partial charge in [0.25, 0.3) is 0 Å². The van der Waals surface area contributed by atoms with E-state index < -0.39 is 0 Å². The molecule has 2 N–H and O–H groups in total. The van der Waals surface area contributed by atoms with Crippen molar-refractivity contribution >= 4 is 17.3 Å². The molecule has 0 saturated carbocycles. The molecule has 2 heterocycles. The molecular formula is C17H31N5OS. The predicted octanol–water partition coefficient (Wildman–Crippen LogP) is 1.66. The van der Waals surface area contributed by atoms with Gasteiger partial charge in [0, 0.05) is 43.5 Å². The van der Waals surface area contributed by atoms with E-state index >= 15 is 0 Å². The topological polar surface area (TPSA) is 61.8 Å². The van der Waals surface area contributed by atoms with E-state index in [1.54, 1.807) is 11.3 Å². The predicted molar refractivity (Wildman–Crippen MR) is 101 cm³/mol. The number of hydrogen-bond acceptors (Lipinski definition) is 5. The average Bonchev–Trinajstić information content (AvgIpc) is 2.98. The Hall–Kier alpha value is -1.18. The summed E-state index contributed by atoms with van der Waals surface area (Å²) in [4.78, 5) is 11.7. The van der Waals surface area contributed by atoms with Crippen LogP contribution in [0.25, 0.3) is 0 Å². The van der Waals surface area contributed by atoms with Gasteiger partial charge in [-0.1, -0.05) is 0 Å². The highest BCUT2D eigenvalue weighted by molar-refractivity contribution is 7.09. The molecule has 2 atom stereocenters. The maximum atomic E-state index is 5.52. The number of guanidine groups is 1. The maximum absolute atomic E-state index is 5.52. The summed E-state index contributed by atoms with van der Waals surface area (Å²) in [5, 5.41) is 9.98. The minimum atomic E-state index is 0.417. The Labute approximate surface area is 149 Å². The lowest BCUT2D eigenvalue weighted by Gasteiger charge is -2.37. The van der Waals surface area contributed by atoms with Crippen molar-refractivity contribution in [3.05, 3.63) is 16.1 Å². The van der Waals surface area contributed by atoms with Gasteiger partial charge in [0.1, 0.15) is 0 Å². The molecule has 0 radical (unpaired) electrons. The Morgan fingerprint density at radius 3 is 3.04 bits per heavy atom. The van der Waals surface area contributed by atoms with Crippen LogP contribution < -0.4 is 10.6 Å². The fourth-order valence-corrected chi connectivity index (χ4v) is 3.54. The van der Waals surface area contributed by atoms with Crippen molar-refractivity contribution in [1.82, 2.24) is 20.5 Å². The van der Waals surface area contributed by atoms with Crippen LogP contribution in [0.4, 0.5) is 0 Å². The lowest BCUT2D eigenvalue weighted by Crippen LogP contribution is -2.49. The second-order valence-corrected chi connectivity index (χ2v) is 7.33. The van der Waals surface area contributed by atoms with E-state index in [-0.39, 0.29) is 0 Å². The first-order valence-electron chi connectivity index (χ1n) is 8.86. The number of rotatable bonds is 7. The largest absolute Gasteiger partial charge is 0.379 e. The molecule has 1 aliphatic rings. The molecule has 0 bridgehead atoms. The third-order valence-corrected chi connectivity index (χ3v) is 5.01. The van der Waals surface area contributed by atoms with Crippen molar-refractivity contribution in [3.63, 3.8) is 0 Å². The van der Waals surface area contributed by atoms with Gasteiger partial charge in [-0.25, -0.2) is 4.98 Å². The van der Waals surface area contributed by atoms with Crippen LogP contribution in [-0.2, 0) is 11.2 Å². The fourth-order valence-electron chi connectivity index (χ4n) is 2.90. The Balaban J connectivity index is 1.80. The SMILES string of the molecule is CCNC(=NCC(C)N1CCOCC1C)NCCc1csc(C)n1. The highest BCUT2D eigenvalue weighted by Gasteiger charge is 2.23. The standard InChI is InChI=1S/C17H31N5OS/c1-5-18-17(19-7-6-16-12-24-15(4)21-16)20-10-13(2)22-8-9-23-11-14(22)3/h12-14H,5-11H2,1-4H3,(H2,18,19,20). The zero-order valence-electron chi connectivity index (χ0n) is 15.3. The van der Waals surface area contributed by atoms with Crippen LogP contribution in [0.3, 0.4) is 0 Å². The van der Waals surface area contributed by atoms with E-state index in [1.807, 2.05) is 6.92 Å². The number of thiazole rings is 1. The van der Waals surface area contributed by atoms with Crippen molar-refractivity contribution in [3.8, 4) is 0 Å². The van der Waals surface area contributed by atoms with Crippen LogP contribution in [0.2, 0.25) is 0 Å².